The van der Waals surface area contributed by atoms with E-state index >= 15 is 0 Å². The van der Waals surface area contributed by atoms with Crippen LogP contribution in [-0.2, 0) is 11.0 Å². The third kappa shape index (κ3) is 1.89. The van der Waals surface area contributed by atoms with Crippen molar-refractivity contribution in [1.29, 1.82) is 0 Å². The Labute approximate surface area is 84.3 Å². The molecule has 1 aromatic rings. The van der Waals surface area contributed by atoms with Crippen LogP contribution in [0.25, 0.3) is 0 Å². The molecule has 0 aliphatic carbocycles. The molecule has 0 aliphatic heterocycles. The first-order chi connectivity index (χ1) is 6.14. The summed E-state index contributed by atoms with van der Waals surface area (Å²) in [7, 11) is 0. The van der Waals surface area contributed by atoms with Gasteiger partial charge in [-0.1, -0.05) is 20.8 Å². The molecule has 0 spiro atoms. The van der Waals surface area contributed by atoms with Crippen molar-refractivity contribution in [3.8, 4) is 0 Å². The molecule has 0 amide bonds. The van der Waals surface area contributed by atoms with Crippen LogP contribution in [0.5, 0.6) is 0 Å². The zero-order valence-electron chi connectivity index (χ0n) is 9.80. The number of hydrogen-bond donors (Lipinski definition) is 1. The Hall–Kier alpha value is -1.06. The SMILES string of the molecule is CC(C)(C)c1n[nH]n(C(C)(C)C)c1=O. The molecule has 14 heavy (non-hydrogen) atoms. The number of H-pyrrole nitrogens is 1. The van der Waals surface area contributed by atoms with Crippen molar-refractivity contribution in [3.05, 3.63) is 16.0 Å². The molecule has 1 aromatic heterocycles. The van der Waals surface area contributed by atoms with Crippen molar-refractivity contribution in [2.45, 2.75) is 52.5 Å². The summed E-state index contributed by atoms with van der Waals surface area (Å²) in [5.74, 6) is 0. The summed E-state index contributed by atoms with van der Waals surface area (Å²) in [5.41, 5.74) is 0.120. The Morgan fingerprint density at radius 1 is 1.14 bits per heavy atom. The highest BCUT2D eigenvalue weighted by molar-refractivity contribution is 5.07. The van der Waals surface area contributed by atoms with Gasteiger partial charge in [-0.2, -0.15) is 5.10 Å². The van der Waals surface area contributed by atoms with Gasteiger partial charge in [-0.3, -0.25) is 4.79 Å². The van der Waals surface area contributed by atoms with Crippen molar-refractivity contribution in [2.24, 2.45) is 0 Å². The van der Waals surface area contributed by atoms with Gasteiger partial charge in [-0.25, -0.2) is 9.90 Å². The molecule has 0 aromatic carbocycles. The van der Waals surface area contributed by atoms with Crippen molar-refractivity contribution in [2.75, 3.05) is 0 Å². The van der Waals surface area contributed by atoms with Crippen molar-refractivity contribution < 1.29 is 0 Å². The van der Waals surface area contributed by atoms with Gasteiger partial charge >= 0.3 is 0 Å². The Morgan fingerprint density at radius 3 is 1.86 bits per heavy atom. The van der Waals surface area contributed by atoms with Gasteiger partial charge in [0.2, 0.25) is 0 Å². The van der Waals surface area contributed by atoms with Crippen LogP contribution >= 0.6 is 0 Å². The Kier molecular flexibility index (Phi) is 2.34. The first-order valence-electron chi connectivity index (χ1n) is 4.82. The summed E-state index contributed by atoms with van der Waals surface area (Å²) in [6.07, 6.45) is 0. The summed E-state index contributed by atoms with van der Waals surface area (Å²) in [5, 5.41) is 6.85. The van der Waals surface area contributed by atoms with Crippen LogP contribution in [0.3, 0.4) is 0 Å². The third-order valence-electron chi connectivity index (χ3n) is 2.05. The van der Waals surface area contributed by atoms with E-state index in [0.29, 0.717) is 5.69 Å². The molecular formula is C10H19N3O. The molecule has 0 aliphatic rings. The molecule has 0 radical (unpaired) electrons. The van der Waals surface area contributed by atoms with Gasteiger partial charge in [0.25, 0.3) is 5.56 Å². The molecule has 80 valence electrons. The van der Waals surface area contributed by atoms with Crippen LogP contribution in [0.2, 0.25) is 0 Å². The highest BCUT2D eigenvalue weighted by Gasteiger charge is 2.26. The fourth-order valence-corrected chi connectivity index (χ4v) is 1.24. The zero-order chi connectivity index (χ0) is 11.1. The van der Waals surface area contributed by atoms with E-state index in [1.807, 2.05) is 41.5 Å². The van der Waals surface area contributed by atoms with E-state index in [0.717, 1.165) is 0 Å². The van der Waals surface area contributed by atoms with Crippen LogP contribution in [-0.4, -0.2) is 15.0 Å². The van der Waals surface area contributed by atoms with E-state index in [1.165, 1.54) is 0 Å². The van der Waals surface area contributed by atoms with Crippen LogP contribution in [0.4, 0.5) is 0 Å². The minimum atomic E-state index is -0.242. The maximum atomic E-state index is 11.9. The van der Waals surface area contributed by atoms with E-state index in [4.69, 9.17) is 0 Å². The van der Waals surface area contributed by atoms with Gasteiger partial charge in [-0.05, 0) is 20.8 Å². The molecule has 0 fully saturated rings. The van der Waals surface area contributed by atoms with E-state index in [2.05, 4.69) is 10.3 Å². The number of nitrogens with one attached hydrogen (secondary N) is 1. The van der Waals surface area contributed by atoms with Gasteiger partial charge in [0.05, 0.1) is 5.54 Å². The van der Waals surface area contributed by atoms with Crippen LogP contribution in [0, 0.1) is 0 Å². The van der Waals surface area contributed by atoms with E-state index in [-0.39, 0.29) is 16.5 Å². The lowest BCUT2D eigenvalue weighted by molar-refractivity contribution is 0.337. The van der Waals surface area contributed by atoms with Crippen LogP contribution in [0.1, 0.15) is 47.2 Å². The number of aromatic nitrogens is 3. The van der Waals surface area contributed by atoms with Crippen molar-refractivity contribution in [3.63, 3.8) is 0 Å². The lowest BCUT2D eigenvalue weighted by atomic mass is 9.93. The van der Waals surface area contributed by atoms with Gasteiger partial charge < -0.3 is 0 Å². The molecule has 1 N–H and O–H groups in total. The molecule has 1 rings (SSSR count). The highest BCUT2D eigenvalue weighted by Crippen LogP contribution is 2.17. The Balaban J connectivity index is 3.31. The molecule has 1 heterocycles. The fourth-order valence-electron chi connectivity index (χ4n) is 1.24. The summed E-state index contributed by atoms with van der Waals surface area (Å²) >= 11 is 0. The molecule has 0 saturated heterocycles. The van der Waals surface area contributed by atoms with Crippen molar-refractivity contribution >= 4 is 0 Å². The normalized spacial score (nSPS) is 13.3. The monoisotopic (exact) mass is 197 g/mol. The average molecular weight is 197 g/mol. The van der Waals surface area contributed by atoms with Gasteiger partial charge in [0.1, 0.15) is 5.69 Å². The third-order valence-corrected chi connectivity index (χ3v) is 2.05. The largest absolute Gasteiger partial charge is 0.290 e. The lowest BCUT2D eigenvalue weighted by Crippen LogP contribution is -2.35. The quantitative estimate of drug-likeness (QED) is 0.687. The fraction of sp³-hybridized carbons (Fsp3) is 0.800. The van der Waals surface area contributed by atoms with Gasteiger partial charge in [0.15, 0.2) is 0 Å². The number of aromatic amines is 1. The number of rotatable bonds is 0. The van der Waals surface area contributed by atoms with E-state index in [9.17, 15) is 4.79 Å². The second kappa shape index (κ2) is 2.97. The van der Waals surface area contributed by atoms with Gasteiger partial charge in [0, 0.05) is 5.41 Å². The summed E-state index contributed by atoms with van der Waals surface area (Å²) in [6.45, 7) is 11.9. The Bertz CT molecular complexity index is 339. The van der Waals surface area contributed by atoms with Crippen LogP contribution in [0.15, 0.2) is 4.79 Å². The van der Waals surface area contributed by atoms with Gasteiger partial charge in [-0.15, -0.1) is 0 Å². The minimum absolute atomic E-state index is 0.0231. The summed E-state index contributed by atoms with van der Waals surface area (Å²) in [6, 6.07) is 0. The standard InChI is InChI=1S/C10H19N3O/c1-9(2,3)7-8(14)13(12-11-7)10(4,5)6/h12H,1-6H3. The second-order valence-corrected chi connectivity index (χ2v) is 5.62. The number of hydrogen-bond acceptors (Lipinski definition) is 2. The topological polar surface area (TPSA) is 50.7 Å². The predicted molar refractivity (Wildman–Crippen MR) is 56.5 cm³/mol. The van der Waals surface area contributed by atoms with E-state index in [1.54, 1.807) is 4.68 Å². The second-order valence-electron chi connectivity index (χ2n) is 5.62. The first kappa shape index (κ1) is 11.0. The molecular weight excluding hydrogens is 178 g/mol. The molecule has 4 nitrogen and oxygen atoms in total. The molecule has 0 bridgehead atoms. The first-order valence-corrected chi connectivity index (χ1v) is 4.82. The maximum Gasteiger partial charge on any atom is 0.290 e. The molecule has 0 unspecified atom stereocenters. The average Bonchev–Trinajstić information content (AvgIpc) is 2.26. The lowest BCUT2D eigenvalue weighted by Gasteiger charge is -2.18. The Morgan fingerprint density at radius 2 is 1.64 bits per heavy atom. The predicted octanol–water partition coefficient (Wildman–Crippen LogP) is 1.62. The molecule has 0 saturated carbocycles. The van der Waals surface area contributed by atoms with Crippen LogP contribution < -0.4 is 5.56 Å². The minimum Gasteiger partial charge on any atom is -0.266 e. The summed E-state index contributed by atoms with van der Waals surface area (Å²) < 4.78 is 1.56. The molecule has 4 heteroatoms. The molecule has 0 atom stereocenters. The smallest absolute Gasteiger partial charge is 0.266 e. The maximum absolute atomic E-state index is 11.9. The highest BCUT2D eigenvalue weighted by atomic mass is 16.1. The number of nitrogens with zero attached hydrogens (tertiary/aromatic N) is 2. The van der Waals surface area contributed by atoms with Crippen molar-refractivity contribution in [1.82, 2.24) is 15.0 Å². The summed E-state index contributed by atoms with van der Waals surface area (Å²) in [4.78, 5) is 11.9. The zero-order valence-corrected chi connectivity index (χ0v) is 9.80. The van der Waals surface area contributed by atoms with E-state index < -0.39 is 0 Å².